The molecule has 0 aromatic carbocycles. The van der Waals surface area contributed by atoms with Crippen LogP contribution in [0, 0.1) is 0 Å². The average molecular weight is 186 g/mol. The summed E-state index contributed by atoms with van der Waals surface area (Å²) in [7, 11) is 2.00. The third-order valence-corrected chi connectivity index (χ3v) is 2.51. The monoisotopic (exact) mass is 186 g/mol. The predicted molar refractivity (Wildman–Crippen MR) is 55.0 cm³/mol. The molecule has 0 saturated carbocycles. The molecule has 0 amide bonds. The van der Waals surface area contributed by atoms with Crippen molar-refractivity contribution >= 4 is 0 Å². The number of likely N-dealkylation sites (N-methyl/N-ethyl adjacent to an activating group) is 1. The molecule has 0 aromatic heterocycles. The first kappa shape index (κ1) is 11.0. The van der Waals surface area contributed by atoms with E-state index in [9.17, 15) is 0 Å². The van der Waals surface area contributed by atoms with Crippen LogP contribution in [0.1, 0.15) is 19.8 Å². The van der Waals surface area contributed by atoms with Crippen LogP contribution in [0.25, 0.3) is 0 Å². The Hall–Kier alpha value is -0.120. The summed E-state index contributed by atoms with van der Waals surface area (Å²) in [5, 5.41) is 3.18. The fourth-order valence-corrected chi connectivity index (χ4v) is 1.75. The lowest BCUT2D eigenvalue weighted by Crippen LogP contribution is -2.44. The van der Waals surface area contributed by atoms with Gasteiger partial charge in [-0.15, -0.1) is 0 Å². The zero-order valence-electron chi connectivity index (χ0n) is 8.88. The summed E-state index contributed by atoms with van der Waals surface area (Å²) in [4.78, 5) is 2.49. The summed E-state index contributed by atoms with van der Waals surface area (Å²) in [6.07, 6.45) is 2.91. The first-order valence-corrected chi connectivity index (χ1v) is 5.35. The van der Waals surface area contributed by atoms with E-state index in [1.54, 1.807) is 0 Å². The highest BCUT2D eigenvalue weighted by Gasteiger charge is 2.18. The van der Waals surface area contributed by atoms with Gasteiger partial charge in [-0.1, -0.05) is 13.3 Å². The van der Waals surface area contributed by atoms with Crippen molar-refractivity contribution in [3.05, 3.63) is 0 Å². The lowest BCUT2D eigenvalue weighted by molar-refractivity contribution is -0.0315. The van der Waals surface area contributed by atoms with Crippen molar-refractivity contribution in [2.45, 2.75) is 25.9 Å². The minimum absolute atomic E-state index is 0.482. The van der Waals surface area contributed by atoms with Gasteiger partial charge in [-0.2, -0.15) is 0 Å². The normalized spacial score (nSPS) is 24.9. The molecule has 0 bridgehead atoms. The maximum absolute atomic E-state index is 5.67. The Labute approximate surface area is 81.4 Å². The van der Waals surface area contributed by atoms with Crippen LogP contribution in [-0.4, -0.2) is 50.8 Å². The van der Waals surface area contributed by atoms with Crippen molar-refractivity contribution in [2.24, 2.45) is 0 Å². The molecule has 13 heavy (non-hydrogen) atoms. The van der Waals surface area contributed by atoms with E-state index in [2.05, 4.69) is 17.1 Å². The van der Waals surface area contributed by atoms with Crippen molar-refractivity contribution in [2.75, 3.05) is 39.8 Å². The third-order valence-electron chi connectivity index (χ3n) is 2.51. The number of hydrogen-bond donors (Lipinski definition) is 1. The van der Waals surface area contributed by atoms with Gasteiger partial charge in [0.1, 0.15) is 0 Å². The highest BCUT2D eigenvalue weighted by atomic mass is 16.5. The highest BCUT2D eigenvalue weighted by Crippen LogP contribution is 2.09. The minimum atomic E-state index is 0.482. The minimum Gasteiger partial charge on any atom is -0.376 e. The molecule has 1 aliphatic rings. The summed E-state index contributed by atoms with van der Waals surface area (Å²) in [5.74, 6) is 0. The molecule has 1 atom stereocenters. The molecule has 1 heterocycles. The summed E-state index contributed by atoms with van der Waals surface area (Å²) >= 11 is 0. The van der Waals surface area contributed by atoms with Gasteiger partial charge in [-0.05, 0) is 13.5 Å². The van der Waals surface area contributed by atoms with E-state index in [0.29, 0.717) is 6.10 Å². The fourth-order valence-electron chi connectivity index (χ4n) is 1.75. The van der Waals surface area contributed by atoms with Gasteiger partial charge < -0.3 is 10.1 Å². The van der Waals surface area contributed by atoms with Crippen LogP contribution >= 0.6 is 0 Å². The molecule has 0 aromatic rings. The fraction of sp³-hybridized carbons (Fsp3) is 1.00. The molecule has 1 saturated heterocycles. The van der Waals surface area contributed by atoms with Gasteiger partial charge in [0.2, 0.25) is 0 Å². The second-order valence-electron chi connectivity index (χ2n) is 3.69. The van der Waals surface area contributed by atoms with Gasteiger partial charge in [0, 0.05) is 26.2 Å². The van der Waals surface area contributed by atoms with Gasteiger partial charge >= 0.3 is 0 Å². The van der Waals surface area contributed by atoms with E-state index in [0.717, 1.165) is 32.8 Å². The molecule has 1 aliphatic heterocycles. The average Bonchev–Trinajstić information content (AvgIpc) is 2.16. The molecule has 78 valence electrons. The van der Waals surface area contributed by atoms with Crippen molar-refractivity contribution in [1.29, 1.82) is 0 Å². The molecule has 3 nitrogen and oxygen atoms in total. The van der Waals surface area contributed by atoms with E-state index in [4.69, 9.17) is 4.74 Å². The zero-order chi connectivity index (χ0) is 9.52. The molecule has 1 N–H and O–H groups in total. The van der Waals surface area contributed by atoms with Gasteiger partial charge in [-0.25, -0.2) is 0 Å². The number of nitrogens with zero attached hydrogens (tertiary/aromatic N) is 1. The van der Waals surface area contributed by atoms with Crippen LogP contribution in [0.15, 0.2) is 0 Å². The van der Waals surface area contributed by atoms with Crippen molar-refractivity contribution < 1.29 is 4.74 Å². The largest absolute Gasteiger partial charge is 0.376 e. The van der Waals surface area contributed by atoms with Crippen LogP contribution in [0.5, 0.6) is 0 Å². The molecule has 3 heteroatoms. The summed E-state index contributed by atoms with van der Waals surface area (Å²) < 4.78 is 5.67. The maximum atomic E-state index is 5.67. The second kappa shape index (κ2) is 6.35. The smallest absolute Gasteiger partial charge is 0.0702 e. The number of rotatable bonds is 5. The highest BCUT2D eigenvalue weighted by molar-refractivity contribution is 4.71. The van der Waals surface area contributed by atoms with Crippen LogP contribution in [0.2, 0.25) is 0 Å². The molecule has 0 radical (unpaired) electrons. The van der Waals surface area contributed by atoms with Gasteiger partial charge in [0.25, 0.3) is 0 Å². The molecular formula is C10H22N2O. The van der Waals surface area contributed by atoms with Crippen LogP contribution in [0.3, 0.4) is 0 Å². The quantitative estimate of drug-likeness (QED) is 0.684. The van der Waals surface area contributed by atoms with Crippen LogP contribution in [0.4, 0.5) is 0 Å². The van der Waals surface area contributed by atoms with Crippen LogP contribution < -0.4 is 5.32 Å². The third kappa shape index (κ3) is 4.07. The predicted octanol–water partition coefficient (Wildman–Crippen LogP) is 0.707. The van der Waals surface area contributed by atoms with Gasteiger partial charge in [-0.3, -0.25) is 4.90 Å². The lowest BCUT2D eigenvalue weighted by atomic mass is 10.2. The van der Waals surface area contributed by atoms with E-state index < -0.39 is 0 Å². The maximum Gasteiger partial charge on any atom is 0.0702 e. The van der Waals surface area contributed by atoms with Gasteiger partial charge in [0.05, 0.1) is 12.7 Å². The van der Waals surface area contributed by atoms with Crippen LogP contribution in [-0.2, 0) is 4.74 Å². The van der Waals surface area contributed by atoms with E-state index in [1.807, 2.05) is 7.05 Å². The molecule has 1 rings (SSSR count). The topological polar surface area (TPSA) is 24.5 Å². The Morgan fingerprint density at radius 3 is 3.08 bits per heavy atom. The molecule has 0 aliphatic carbocycles. The van der Waals surface area contributed by atoms with Crippen molar-refractivity contribution in [3.63, 3.8) is 0 Å². The first-order valence-electron chi connectivity index (χ1n) is 5.35. The summed E-state index contributed by atoms with van der Waals surface area (Å²) in [6, 6.07) is 0. The Morgan fingerprint density at radius 1 is 1.54 bits per heavy atom. The van der Waals surface area contributed by atoms with Crippen molar-refractivity contribution in [1.82, 2.24) is 10.2 Å². The lowest BCUT2D eigenvalue weighted by Gasteiger charge is -2.32. The number of nitrogens with one attached hydrogen (secondary N) is 1. The first-order chi connectivity index (χ1) is 6.36. The Kier molecular flexibility index (Phi) is 5.35. The number of hydrogen-bond acceptors (Lipinski definition) is 3. The van der Waals surface area contributed by atoms with Gasteiger partial charge in [0.15, 0.2) is 0 Å². The Morgan fingerprint density at radius 2 is 2.38 bits per heavy atom. The van der Waals surface area contributed by atoms with E-state index in [-0.39, 0.29) is 0 Å². The zero-order valence-corrected chi connectivity index (χ0v) is 8.88. The molecule has 1 fully saturated rings. The molecular weight excluding hydrogens is 164 g/mol. The Bertz CT molecular complexity index is 128. The second-order valence-corrected chi connectivity index (χ2v) is 3.69. The standard InChI is InChI=1S/C10H22N2O/c1-3-4-10-9-12(6-5-11-2)7-8-13-10/h10-11H,3-9H2,1-2H3. The number of ether oxygens (including phenoxy) is 1. The van der Waals surface area contributed by atoms with E-state index >= 15 is 0 Å². The van der Waals surface area contributed by atoms with E-state index in [1.165, 1.54) is 12.8 Å². The molecule has 1 unspecified atom stereocenters. The Balaban J connectivity index is 2.16. The summed E-state index contributed by atoms with van der Waals surface area (Å²) in [5.41, 5.74) is 0. The number of morpholine rings is 1. The van der Waals surface area contributed by atoms with Crippen molar-refractivity contribution in [3.8, 4) is 0 Å². The summed E-state index contributed by atoms with van der Waals surface area (Å²) in [6.45, 7) is 7.58. The molecule has 0 spiro atoms. The SMILES string of the molecule is CCCC1CN(CCNC)CCO1.